The minimum absolute atomic E-state index is 0.0428. The van der Waals surface area contributed by atoms with Gasteiger partial charge in [-0.2, -0.15) is 5.10 Å². The Morgan fingerprint density at radius 3 is 2.79 bits per heavy atom. The lowest BCUT2D eigenvalue weighted by atomic mass is 10.3. The van der Waals surface area contributed by atoms with Crippen LogP contribution in [0.15, 0.2) is 52.2 Å². The lowest BCUT2D eigenvalue weighted by molar-refractivity contribution is -0.119. The van der Waals surface area contributed by atoms with E-state index in [1.807, 2.05) is 0 Å². The maximum Gasteiger partial charge on any atom is 0.259 e. The van der Waals surface area contributed by atoms with Gasteiger partial charge >= 0.3 is 0 Å². The number of rotatable bonds is 5. The Balaban J connectivity index is 1.74. The van der Waals surface area contributed by atoms with E-state index in [-0.39, 0.29) is 18.3 Å². The predicted octanol–water partition coefficient (Wildman–Crippen LogP) is 1.98. The molecule has 0 aliphatic rings. The lowest BCUT2D eigenvalue weighted by Gasteiger charge is -2.04. The summed E-state index contributed by atoms with van der Waals surface area (Å²) >= 11 is 0. The Kier molecular flexibility index (Phi) is 4.28. The third-order valence-electron chi connectivity index (χ3n) is 2.22. The number of furan rings is 1. The third-order valence-corrected chi connectivity index (χ3v) is 2.22. The Morgan fingerprint density at radius 1 is 1.32 bits per heavy atom. The molecule has 0 saturated carbocycles. The highest BCUT2D eigenvalue weighted by Gasteiger charge is 1.99. The van der Waals surface area contributed by atoms with Gasteiger partial charge in [0.25, 0.3) is 5.91 Å². The van der Waals surface area contributed by atoms with Gasteiger partial charge in [-0.3, -0.25) is 4.79 Å². The van der Waals surface area contributed by atoms with Crippen molar-refractivity contribution in [1.29, 1.82) is 0 Å². The molecule has 1 aromatic heterocycles. The third kappa shape index (κ3) is 4.27. The topological polar surface area (TPSA) is 66.6 Å². The molecule has 0 radical (unpaired) electrons. The van der Waals surface area contributed by atoms with Crippen molar-refractivity contribution >= 4 is 17.8 Å². The Bertz CT molecular complexity index is 550. The highest BCUT2D eigenvalue weighted by Crippen LogP contribution is 2.07. The van der Waals surface area contributed by atoms with Crippen molar-refractivity contribution in [1.82, 2.24) is 5.43 Å². The summed E-state index contributed by atoms with van der Waals surface area (Å²) in [5.41, 5.74) is 3.00. The van der Waals surface area contributed by atoms with Gasteiger partial charge in [0.15, 0.2) is 0 Å². The molecule has 98 valence electrons. The fraction of sp³-hybridized carbons (Fsp3) is 0.0769. The second-order valence-corrected chi connectivity index (χ2v) is 3.67. The van der Waals surface area contributed by atoms with Crippen LogP contribution in [0.3, 0.4) is 0 Å². The molecule has 0 saturated heterocycles. The molecule has 5 nitrogen and oxygen atoms in total. The van der Waals surface area contributed by atoms with Gasteiger partial charge in [0.2, 0.25) is 0 Å². The van der Waals surface area contributed by atoms with E-state index in [2.05, 4.69) is 15.8 Å². The minimum Gasteiger partial charge on any atom is -0.463 e. The minimum atomic E-state index is -0.321. The summed E-state index contributed by atoms with van der Waals surface area (Å²) in [7, 11) is 0. The maximum atomic E-state index is 12.7. The zero-order valence-corrected chi connectivity index (χ0v) is 9.97. The molecule has 2 rings (SSSR count). The fourth-order valence-electron chi connectivity index (χ4n) is 1.32. The average molecular weight is 261 g/mol. The molecule has 0 atom stereocenters. The molecule has 1 heterocycles. The summed E-state index contributed by atoms with van der Waals surface area (Å²) < 4.78 is 17.7. The normalized spacial score (nSPS) is 10.6. The summed E-state index contributed by atoms with van der Waals surface area (Å²) in [6.07, 6.45) is 2.91. The van der Waals surface area contributed by atoms with E-state index in [1.54, 1.807) is 24.3 Å². The van der Waals surface area contributed by atoms with Gasteiger partial charge in [0.1, 0.15) is 11.6 Å². The molecule has 0 unspecified atom stereocenters. The van der Waals surface area contributed by atoms with Crippen molar-refractivity contribution in [3.05, 3.63) is 54.2 Å². The molecule has 2 aromatic rings. The number of hydrogen-bond acceptors (Lipinski definition) is 4. The van der Waals surface area contributed by atoms with E-state index >= 15 is 0 Å². The SMILES string of the molecule is O=C(CNc1ccc(F)cc1)NN=Cc1ccco1. The number of hydrazone groups is 1. The molecule has 0 aliphatic carbocycles. The number of hydrogen-bond donors (Lipinski definition) is 2. The largest absolute Gasteiger partial charge is 0.463 e. The molecule has 19 heavy (non-hydrogen) atoms. The number of carbonyl (C=O) groups is 1. The fourth-order valence-corrected chi connectivity index (χ4v) is 1.32. The van der Waals surface area contributed by atoms with Gasteiger partial charge in [-0.15, -0.1) is 0 Å². The molecule has 0 aliphatic heterocycles. The molecular formula is C13H12FN3O2. The van der Waals surface area contributed by atoms with Crippen LogP contribution in [0.5, 0.6) is 0 Å². The number of nitrogens with zero attached hydrogens (tertiary/aromatic N) is 1. The van der Waals surface area contributed by atoms with Crippen LogP contribution in [0.1, 0.15) is 5.76 Å². The predicted molar refractivity (Wildman–Crippen MR) is 69.3 cm³/mol. The summed E-state index contributed by atoms with van der Waals surface area (Å²) in [6, 6.07) is 9.17. The van der Waals surface area contributed by atoms with Crippen LogP contribution in [0.2, 0.25) is 0 Å². The zero-order valence-electron chi connectivity index (χ0n) is 9.97. The van der Waals surface area contributed by atoms with Gasteiger partial charge in [-0.1, -0.05) is 0 Å². The van der Waals surface area contributed by atoms with Gasteiger partial charge in [0, 0.05) is 5.69 Å². The molecule has 0 spiro atoms. The Hall–Kier alpha value is -2.63. The number of halogens is 1. The van der Waals surface area contributed by atoms with Crippen molar-refractivity contribution in [3.8, 4) is 0 Å². The van der Waals surface area contributed by atoms with E-state index in [4.69, 9.17) is 4.42 Å². The number of benzene rings is 1. The molecular weight excluding hydrogens is 249 g/mol. The first-order valence-electron chi connectivity index (χ1n) is 5.59. The maximum absolute atomic E-state index is 12.7. The standard InChI is InChI=1S/C13H12FN3O2/c14-10-3-5-11(6-4-10)15-9-13(18)17-16-8-12-2-1-7-19-12/h1-8,15H,9H2,(H,17,18). The van der Waals surface area contributed by atoms with E-state index in [0.717, 1.165) is 0 Å². The quantitative estimate of drug-likeness (QED) is 0.639. The number of carbonyl (C=O) groups excluding carboxylic acids is 1. The lowest BCUT2D eigenvalue weighted by Crippen LogP contribution is -2.25. The first-order valence-corrected chi connectivity index (χ1v) is 5.59. The second kappa shape index (κ2) is 6.34. The van der Waals surface area contributed by atoms with Crippen molar-refractivity contribution in [2.24, 2.45) is 5.10 Å². The van der Waals surface area contributed by atoms with Crippen LogP contribution in [0, 0.1) is 5.82 Å². The van der Waals surface area contributed by atoms with E-state index < -0.39 is 0 Å². The van der Waals surface area contributed by atoms with E-state index in [0.29, 0.717) is 11.4 Å². The molecule has 6 heteroatoms. The first-order chi connectivity index (χ1) is 9.24. The number of anilines is 1. The summed E-state index contributed by atoms with van der Waals surface area (Å²) in [4.78, 5) is 11.4. The smallest absolute Gasteiger partial charge is 0.259 e. The van der Waals surface area contributed by atoms with Crippen molar-refractivity contribution in [2.75, 3.05) is 11.9 Å². The number of nitrogens with one attached hydrogen (secondary N) is 2. The highest BCUT2D eigenvalue weighted by atomic mass is 19.1. The van der Waals surface area contributed by atoms with Gasteiger partial charge in [-0.25, -0.2) is 9.82 Å². The van der Waals surface area contributed by atoms with Crippen molar-refractivity contribution in [3.63, 3.8) is 0 Å². The van der Waals surface area contributed by atoms with Gasteiger partial charge in [0.05, 0.1) is 19.0 Å². The molecule has 1 aromatic carbocycles. The highest BCUT2D eigenvalue weighted by molar-refractivity contribution is 5.82. The molecule has 0 fully saturated rings. The summed E-state index contributed by atoms with van der Waals surface area (Å²) in [6.45, 7) is 0.0428. The summed E-state index contributed by atoms with van der Waals surface area (Å²) in [5.74, 6) is -0.0861. The van der Waals surface area contributed by atoms with Crippen LogP contribution in [0.4, 0.5) is 10.1 Å². The van der Waals surface area contributed by atoms with Crippen LogP contribution in [-0.4, -0.2) is 18.7 Å². The molecule has 2 N–H and O–H groups in total. The summed E-state index contributed by atoms with van der Waals surface area (Å²) in [5, 5.41) is 6.56. The van der Waals surface area contributed by atoms with Crippen molar-refractivity contribution in [2.45, 2.75) is 0 Å². The molecule has 1 amide bonds. The molecule has 0 bridgehead atoms. The first kappa shape index (κ1) is 12.8. The van der Waals surface area contributed by atoms with Crippen molar-refractivity contribution < 1.29 is 13.6 Å². The average Bonchev–Trinajstić information content (AvgIpc) is 2.91. The van der Waals surface area contributed by atoms with Crippen LogP contribution >= 0.6 is 0 Å². The van der Waals surface area contributed by atoms with Crippen LogP contribution in [-0.2, 0) is 4.79 Å². The van der Waals surface area contributed by atoms with Crippen LogP contribution < -0.4 is 10.7 Å². The van der Waals surface area contributed by atoms with Gasteiger partial charge in [-0.05, 0) is 36.4 Å². The number of amides is 1. The Labute approximate surface area is 109 Å². The van der Waals surface area contributed by atoms with Crippen LogP contribution in [0.25, 0.3) is 0 Å². The van der Waals surface area contributed by atoms with Gasteiger partial charge < -0.3 is 9.73 Å². The second-order valence-electron chi connectivity index (χ2n) is 3.67. The van der Waals surface area contributed by atoms with E-state index in [9.17, 15) is 9.18 Å². The van der Waals surface area contributed by atoms with E-state index in [1.165, 1.54) is 24.6 Å². The zero-order chi connectivity index (χ0) is 13.5. The Morgan fingerprint density at radius 2 is 2.11 bits per heavy atom. The monoisotopic (exact) mass is 261 g/mol.